The van der Waals surface area contributed by atoms with Gasteiger partial charge < -0.3 is 9.80 Å². The quantitative estimate of drug-likeness (QED) is 0.441. The molecule has 32 heavy (non-hydrogen) atoms. The van der Waals surface area contributed by atoms with E-state index in [2.05, 4.69) is 0 Å². The van der Waals surface area contributed by atoms with Crippen molar-refractivity contribution < 1.29 is 9.59 Å². The zero-order valence-electron chi connectivity index (χ0n) is 17.6. The summed E-state index contributed by atoms with van der Waals surface area (Å²) in [6.45, 7) is 4.75. The predicted octanol–water partition coefficient (Wildman–Crippen LogP) is 6.47. The van der Waals surface area contributed by atoms with Crippen LogP contribution in [0.4, 0.5) is 0 Å². The lowest BCUT2D eigenvalue weighted by Gasteiger charge is -2.43. The Morgan fingerprint density at radius 2 is 1.09 bits per heavy atom. The number of hydrogen-bond acceptors (Lipinski definition) is 2. The molecular formula is C24H22Cl4N2O2. The second kappa shape index (κ2) is 10.8. The monoisotopic (exact) mass is 510 g/mol. The maximum Gasteiger partial charge on any atom is 0.246 e. The number of benzene rings is 2. The van der Waals surface area contributed by atoms with Crippen molar-refractivity contribution in [2.24, 2.45) is 0 Å². The van der Waals surface area contributed by atoms with Crippen molar-refractivity contribution in [1.29, 1.82) is 0 Å². The molecule has 0 aromatic heterocycles. The summed E-state index contributed by atoms with van der Waals surface area (Å²) in [6.07, 6.45) is 6.45. The molecule has 0 aliphatic carbocycles. The maximum atomic E-state index is 12.8. The van der Waals surface area contributed by atoms with Gasteiger partial charge in [-0.15, -0.1) is 0 Å². The van der Waals surface area contributed by atoms with Gasteiger partial charge in [-0.1, -0.05) is 58.5 Å². The maximum absolute atomic E-state index is 12.8. The largest absolute Gasteiger partial charge is 0.333 e. The number of hydrogen-bond donors (Lipinski definition) is 0. The molecule has 2 amide bonds. The Morgan fingerprint density at radius 1 is 0.719 bits per heavy atom. The molecule has 1 fully saturated rings. The number of piperazine rings is 1. The van der Waals surface area contributed by atoms with Crippen LogP contribution in [0.3, 0.4) is 0 Å². The summed E-state index contributed by atoms with van der Waals surface area (Å²) in [5.41, 5.74) is 1.57. The van der Waals surface area contributed by atoms with E-state index in [0.717, 1.165) is 11.1 Å². The van der Waals surface area contributed by atoms with Crippen LogP contribution in [0.1, 0.15) is 25.0 Å². The van der Waals surface area contributed by atoms with Gasteiger partial charge in [0.05, 0.1) is 20.1 Å². The second-order valence-corrected chi connectivity index (χ2v) is 9.32. The fraction of sp³-hybridized carbons (Fsp3) is 0.250. The molecule has 0 saturated carbocycles. The summed E-state index contributed by atoms with van der Waals surface area (Å²) in [6, 6.07) is 10.1. The number of rotatable bonds is 4. The highest BCUT2D eigenvalue weighted by Crippen LogP contribution is 2.24. The highest BCUT2D eigenvalue weighted by Gasteiger charge is 2.32. The first-order valence-electron chi connectivity index (χ1n) is 10.0. The summed E-state index contributed by atoms with van der Waals surface area (Å²) in [5, 5.41) is 1.80. The molecule has 2 unspecified atom stereocenters. The first-order chi connectivity index (χ1) is 15.2. The third-order valence-corrected chi connectivity index (χ3v) is 6.75. The molecule has 1 aliphatic rings. The van der Waals surface area contributed by atoms with Crippen LogP contribution in [-0.2, 0) is 9.59 Å². The average molecular weight is 512 g/mol. The van der Waals surface area contributed by atoms with E-state index in [1.54, 1.807) is 58.4 Å². The molecule has 3 rings (SSSR count). The van der Waals surface area contributed by atoms with E-state index in [4.69, 9.17) is 46.4 Å². The van der Waals surface area contributed by atoms with Gasteiger partial charge in [0.15, 0.2) is 0 Å². The Kier molecular flexibility index (Phi) is 8.29. The Labute approximate surface area is 208 Å². The molecule has 0 N–H and O–H groups in total. The molecular weight excluding hydrogens is 490 g/mol. The smallest absolute Gasteiger partial charge is 0.246 e. The molecule has 4 nitrogen and oxygen atoms in total. The number of amides is 2. The van der Waals surface area contributed by atoms with Gasteiger partial charge in [-0.2, -0.15) is 0 Å². The lowest BCUT2D eigenvalue weighted by atomic mass is 10.1. The predicted molar refractivity (Wildman–Crippen MR) is 133 cm³/mol. The van der Waals surface area contributed by atoms with Crippen LogP contribution < -0.4 is 0 Å². The molecule has 1 saturated heterocycles. The van der Waals surface area contributed by atoms with Crippen LogP contribution >= 0.6 is 46.4 Å². The highest BCUT2D eigenvalue weighted by atomic mass is 35.5. The Balaban J connectivity index is 1.63. The van der Waals surface area contributed by atoms with E-state index in [0.29, 0.717) is 33.2 Å². The Bertz CT molecular complexity index is 998. The average Bonchev–Trinajstić information content (AvgIpc) is 2.76. The Hall–Kier alpha value is -1.98. The van der Waals surface area contributed by atoms with E-state index < -0.39 is 0 Å². The van der Waals surface area contributed by atoms with Gasteiger partial charge in [-0.25, -0.2) is 0 Å². The van der Waals surface area contributed by atoms with E-state index in [9.17, 15) is 9.59 Å². The van der Waals surface area contributed by atoms with Crippen molar-refractivity contribution in [2.75, 3.05) is 13.1 Å². The van der Waals surface area contributed by atoms with Gasteiger partial charge in [-0.3, -0.25) is 9.59 Å². The van der Waals surface area contributed by atoms with Gasteiger partial charge in [0.2, 0.25) is 11.8 Å². The molecule has 2 atom stereocenters. The van der Waals surface area contributed by atoms with Gasteiger partial charge in [-0.05, 0) is 61.4 Å². The van der Waals surface area contributed by atoms with E-state index >= 15 is 0 Å². The molecule has 1 aliphatic heterocycles. The third-order valence-electron chi connectivity index (χ3n) is 5.28. The van der Waals surface area contributed by atoms with Crippen LogP contribution in [0.25, 0.3) is 12.2 Å². The first kappa shape index (κ1) is 24.7. The van der Waals surface area contributed by atoms with Crippen molar-refractivity contribution in [3.05, 3.63) is 79.8 Å². The molecule has 2 aromatic rings. The van der Waals surface area contributed by atoms with Gasteiger partial charge >= 0.3 is 0 Å². The van der Waals surface area contributed by atoms with Crippen molar-refractivity contribution in [3.8, 4) is 0 Å². The number of nitrogens with zero attached hydrogens (tertiary/aromatic N) is 2. The zero-order valence-corrected chi connectivity index (χ0v) is 20.6. The van der Waals surface area contributed by atoms with Crippen LogP contribution in [0.2, 0.25) is 20.1 Å². The second-order valence-electron chi connectivity index (χ2n) is 7.69. The molecule has 168 valence electrons. The molecule has 0 spiro atoms. The van der Waals surface area contributed by atoms with E-state index in [1.807, 2.05) is 13.8 Å². The minimum absolute atomic E-state index is 0.117. The van der Waals surface area contributed by atoms with Gasteiger partial charge in [0, 0.05) is 37.3 Å². The standard InChI is InChI=1S/C24H22Cl4N2O2/c1-15-13-30(24(32)10-6-18-4-8-20(26)22(28)12-18)16(2)14-29(15)23(31)9-5-17-3-7-19(25)21(27)11-17/h3-12,15-16H,13-14H2,1-2H3/b9-5+,10-6+. The minimum Gasteiger partial charge on any atom is -0.333 e. The SMILES string of the molecule is CC1CN(C(=O)/C=C/c2ccc(Cl)c(Cl)c2)C(C)CN1C(=O)/C=C/c1ccc(Cl)c(Cl)c1. The summed E-state index contributed by atoms with van der Waals surface area (Å²) < 4.78 is 0. The number of carbonyl (C=O) groups is 2. The van der Waals surface area contributed by atoms with E-state index in [1.165, 1.54) is 12.2 Å². The topological polar surface area (TPSA) is 40.6 Å². The third kappa shape index (κ3) is 6.08. The lowest BCUT2D eigenvalue weighted by molar-refractivity contribution is -0.139. The van der Waals surface area contributed by atoms with Crippen molar-refractivity contribution in [3.63, 3.8) is 0 Å². The minimum atomic E-state index is -0.125. The lowest BCUT2D eigenvalue weighted by Crippen LogP contribution is -2.59. The molecule has 0 bridgehead atoms. The van der Waals surface area contributed by atoms with Gasteiger partial charge in [0.25, 0.3) is 0 Å². The summed E-state index contributed by atoms with van der Waals surface area (Å²) >= 11 is 23.9. The van der Waals surface area contributed by atoms with Crippen molar-refractivity contribution >= 4 is 70.4 Å². The molecule has 0 radical (unpaired) electrons. The van der Waals surface area contributed by atoms with Crippen LogP contribution in [0.5, 0.6) is 0 Å². The van der Waals surface area contributed by atoms with Gasteiger partial charge in [0.1, 0.15) is 0 Å². The molecule has 1 heterocycles. The van der Waals surface area contributed by atoms with Crippen molar-refractivity contribution in [2.45, 2.75) is 25.9 Å². The van der Waals surface area contributed by atoms with E-state index in [-0.39, 0.29) is 23.9 Å². The molecule has 8 heteroatoms. The fourth-order valence-electron chi connectivity index (χ4n) is 3.50. The normalized spacial score (nSPS) is 19.2. The van der Waals surface area contributed by atoms with Crippen molar-refractivity contribution in [1.82, 2.24) is 9.80 Å². The number of halogens is 4. The van der Waals surface area contributed by atoms with Crippen LogP contribution in [0, 0.1) is 0 Å². The summed E-state index contributed by atoms with van der Waals surface area (Å²) in [7, 11) is 0. The zero-order chi connectivity index (χ0) is 23.4. The first-order valence-corrected chi connectivity index (χ1v) is 11.5. The summed E-state index contributed by atoms with van der Waals surface area (Å²) in [5.74, 6) is -0.234. The van der Waals surface area contributed by atoms with Crippen LogP contribution in [-0.4, -0.2) is 46.8 Å². The fourth-order valence-corrected chi connectivity index (χ4v) is 4.11. The molecule has 2 aromatic carbocycles. The number of carbonyl (C=O) groups excluding carboxylic acids is 2. The summed E-state index contributed by atoms with van der Waals surface area (Å²) in [4.78, 5) is 29.1. The Morgan fingerprint density at radius 3 is 1.44 bits per heavy atom. The van der Waals surface area contributed by atoms with Crippen LogP contribution in [0.15, 0.2) is 48.6 Å². The highest BCUT2D eigenvalue weighted by molar-refractivity contribution is 6.42.